The molecule has 30 heavy (non-hydrogen) atoms. The lowest BCUT2D eigenvalue weighted by atomic mass is 10.0. The molecule has 152 valence electrons. The fourth-order valence-corrected chi connectivity index (χ4v) is 3.34. The molecule has 1 atom stereocenters. The highest BCUT2D eigenvalue weighted by atomic mass is 19.1. The highest BCUT2D eigenvalue weighted by Crippen LogP contribution is 2.14. The monoisotopic (exact) mass is 405 g/mol. The number of benzene rings is 2. The second kappa shape index (κ2) is 8.28. The van der Waals surface area contributed by atoms with Gasteiger partial charge in [0.05, 0.1) is 5.69 Å². The molecular weight excluding hydrogens is 385 g/mol. The van der Waals surface area contributed by atoms with Gasteiger partial charge in [0.2, 0.25) is 11.6 Å². The van der Waals surface area contributed by atoms with Gasteiger partial charge in [-0.25, -0.2) is 4.39 Å². The number of amides is 1. The Labute approximate surface area is 171 Å². The standard InChI is InChI=1S/C22H20FN5O2/c1-15(13-20(29)24-17-7-3-2-4-8-17)12-19-25-26-21-22(30)27(10-11-28(19)21)18-9-5-6-16(23)14-18/h2-11,14-15H,12-13H2,1H3,(H,24,29)/t15-/m1/s1. The highest BCUT2D eigenvalue weighted by Gasteiger charge is 2.16. The van der Waals surface area contributed by atoms with Crippen molar-refractivity contribution in [3.8, 4) is 5.69 Å². The molecule has 0 saturated heterocycles. The molecule has 2 aromatic carbocycles. The topological polar surface area (TPSA) is 81.3 Å². The minimum absolute atomic E-state index is 0.00763. The molecule has 0 aliphatic rings. The molecule has 1 amide bonds. The Morgan fingerprint density at radius 1 is 1.10 bits per heavy atom. The molecule has 0 aliphatic carbocycles. The van der Waals surface area contributed by atoms with E-state index in [1.165, 1.54) is 16.7 Å². The van der Waals surface area contributed by atoms with Gasteiger partial charge in [-0.05, 0) is 36.2 Å². The SMILES string of the molecule is C[C@@H](CC(=O)Nc1ccccc1)Cc1nnc2c(=O)n(-c3cccc(F)c3)ccn12. The van der Waals surface area contributed by atoms with Crippen LogP contribution in [0.5, 0.6) is 0 Å². The van der Waals surface area contributed by atoms with Gasteiger partial charge in [-0.2, -0.15) is 0 Å². The molecule has 8 heteroatoms. The lowest BCUT2D eigenvalue weighted by Crippen LogP contribution is -2.21. The van der Waals surface area contributed by atoms with E-state index in [9.17, 15) is 14.0 Å². The first kappa shape index (κ1) is 19.5. The first-order valence-corrected chi connectivity index (χ1v) is 9.57. The molecule has 0 fully saturated rings. The van der Waals surface area contributed by atoms with Gasteiger partial charge in [0.1, 0.15) is 11.6 Å². The average molecular weight is 405 g/mol. The van der Waals surface area contributed by atoms with E-state index in [-0.39, 0.29) is 17.5 Å². The molecule has 7 nitrogen and oxygen atoms in total. The third kappa shape index (κ3) is 4.12. The van der Waals surface area contributed by atoms with Crippen molar-refractivity contribution in [3.63, 3.8) is 0 Å². The second-order valence-corrected chi connectivity index (χ2v) is 7.19. The van der Waals surface area contributed by atoms with Crippen molar-refractivity contribution < 1.29 is 9.18 Å². The van der Waals surface area contributed by atoms with Crippen LogP contribution < -0.4 is 10.9 Å². The van der Waals surface area contributed by atoms with Crippen molar-refractivity contribution in [1.29, 1.82) is 0 Å². The summed E-state index contributed by atoms with van der Waals surface area (Å²) in [5, 5.41) is 11.0. The summed E-state index contributed by atoms with van der Waals surface area (Å²) < 4.78 is 16.4. The van der Waals surface area contributed by atoms with Gasteiger partial charge in [0.25, 0.3) is 0 Å². The maximum absolute atomic E-state index is 13.5. The summed E-state index contributed by atoms with van der Waals surface area (Å²) in [6.07, 6.45) is 4.02. The first-order valence-electron chi connectivity index (χ1n) is 9.57. The van der Waals surface area contributed by atoms with Crippen molar-refractivity contribution in [3.05, 3.63) is 89.0 Å². The summed E-state index contributed by atoms with van der Waals surface area (Å²) in [6, 6.07) is 15.0. The van der Waals surface area contributed by atoms with E-state index in [0.29, 0.717) is 24.4 Å². The molecule has 2 heterocycles. The number of nitrogens with zero attached hydrogens (tertiary/aromatic N) is 4. The van der Waals surface area contributed by atoms with Crippen LogP contribution in [-0.4, -0.2) is 25.1 Å². The molecule has 4 rings (SSSR count). The number of carbonyl (C=O) groups excluding carboxylic acids is 1. The number of fused-ring (bicyclic) bond motifs is 1. The summed E-state index contributed by atoms with van der Waals surface area (Å²) in [7, 11) is 0. The molecule has 0 saturated carbocycles. The summed E-state index contributed by atoms with van der Waals surface area (Å²) in [6.45, 7) is 1.94. The quantitative estimate of drug-likeness (QED) is 0.534. The third-order valence-electron chi connectivity index (χ3n) is 4.75. The number of para-hydroxylation sites is 1. The van der Waals surface area contributed by atoms with Gasteiger partial charge in [-0.3, -0.25) is 18.6 Å². The lowest BCUT2D eigenvalue weighted by Gasteiger charge is -2.11. The molecule has 2 aromatic heterocycles. The Kier molecular flexibility index (Phi) is 5.38. The Bertz CT molecular complexity index is 1250. The van der Waals surface area contributed by atoms with Gasteiger partial charge in [-0.15, -0.1) is 10.2 Å². The number of hydrogen-bond acceptors (Lipinski definition) is 4. The van der Waals surface area contributed by atoms with E-state index < -0.39 is 11.4 Å². The van der Waals surface area contributed by atoms with Gasteiger partial charge in [0.15, 0.2) is 0 Å². The number of nitrogens with one attached hydrogen (secondary N) is 1. The first-order chi connectivity index (χ1) is 14.5. The fraction of sp³-hybridized carbons (Fsp3) is 0.182. The Hall–Kier alpha value is -3.81. The summed E-state index contributed by atoms with van der Waals surface area (Å²) in [5.41, 5.74) is 0.924. The summed E-state index contributed by atoms with van der Waals surface area (Å²) in [4.78, 5) is 25.0. The molecule has 1 N–H and O–H groups in total. The number of carbonyl (C=O) groups is 1. The molecule has 0 aliphatic heterocycles. The number of aromatic nitrogens is 4. The van der Waals surface area contributed by atoms with Gasteiger partial charge < -0.3 is 5.32 Å². The molecule has 0 unspecified atom stereocenters. The zero-order valence-electron chi connectivity index (χ0n) is 16.3. The normalized spacial score (nSPS) is 12.1. The van der Waals surface area contributed by atoms with Crippen molar-refractivity contribution in [1.82, 2.24) is 19.2 Å². The van der Waals surface area contributed by atoms with Crippen LogP contribution >= 0.6 is 0 Å². The fourth-order valence-electron chi connectivity index (χ4n) is 3.34. The van der Waals surface area contributed by atoms with Gasteiger partial charge >= 0.3 is 5.56 Å². The zero-order chi connectivity index (χ0) is 21.1. The Morgan fingerprint density at radius 2 is 1.90 bits per heavy atom. The van der Waals surface area contributed by atoms with Crippen LogP contribution in [0.15, 0.2) is 71.8 Å². The summed E-state index contributed by atoms with van der Waals surface area (Å²) >= 11 is 0. The molecule has 4 aromatic rings. The van der Waals surface area contributed by atoms with E-state index in [0.717, 1.165) is 5.69 Å². The minimum Gasteiger partial charge on any atom is -0.326 e. The maximum Gasteiger partial charge on any atom is 0.300 e. The summed E-state index contributed by atoms with van der Waals surface area (Å²) in [5.74, 6) is 0.0697. The van der Waals surface area contributed by atoms with E-state index in [1.807, 2.05) is 37.3 Å². The van der Waals surface area contributed by atoms with Crippen LogP contribution in [0.4, 0.5) is 10.1 Å². The van der Waals surface area contributed by atoms with E-state index >= 15 is 0 Å². The molecular formula is C22H20FN5O2. The highest BCUT2D eigenvalue weighted by molar-refractivity contribution is 5.90. The predicted molar refractivity (Wildman–Crippen MR) is 111 cm³/mol. The largest absolute Gasteiger partial charge is 0.326 e. The van der Waals surface area contributed by atoms with Crippen LogP contribution in [0.3, 0.4) is 0 Å². The van der Waals surface area contributed by atoms with Gasteiger partial charge in [0, 0.05) is 30.9 Å². The third-order valence-corrected chi connectivity index (χ3v) is 4.75. The van der Waals surface area contributed by atoms with E-state index in [2.05, 4.69) is 15.5 Å². The van der Waals surface area contributed by atoms with Crippen molar-refractivity contribution in [2.45, 2.75) is 19.8 Å². The van der Waals surface area contributed by atoms with Crippen LogP contribution in [0.1, 0.15) is 19.2 Å². The number of rotatable bonds is 6. The van der Waals surface area contributed by atoms with E-state index in [4.69, 9.17) is 0 Å². The molecule has 0 radical (unpaired) electrons. The smallest absolute Gasteiger partial charge is 0.300 e. The number of hydrogen-bond donors (Lipinski definition) is 1. The van der Waals surface area contributed by atoms with Crippen LogP contribution in [0.2, 0.25) is 0 Å². The van der Waals surface area contributed by atoms with Crippen LogP contribution in [0.25, 0.3) is 11.3 Å². The lowest BCUT2D eigenvalue weighted by molar-refractivity contribution is -0.116. The average Bonchev–Trinajstić information content (AvgIpc) is 3.12. The number of halogens is 1. The Morgan fingerprint density at radius 3 is 2.67 bits per heavy atom. The van der Waals surface area contributed by atoms with Crippen molar-refractivity contribution in [2.24, 2.45) is 5.92 Å². The van der Waals surface area contributed by atoms with Crippen molar-refractivity contribution >= 4 is 17.2 Å². The van der Waals surface area contributed by atoms with Gasteiger partial charge in [-0.1, -0.05) is 31.2 Å². The predicted octanol–water partition coefficient (Wildman–Crippen LogP) is 3.23. The zero-order valence-corrected chi connectivity index (χ0v) is 16.3. The van der Waals surface area contributed by atoms with Crippen LogP contribution in [0, 0.1) is 11.7 Å². The van der Waals surface area contributed by atoms with Crippen molar-refractivity contribution in [2.75, 3.05) is 5.32 Å². The van der Waals surface area contributed by atoms with E-state index in [1.54, 1.807) is 28.9 Å². The van der Waals surface area contributed by atoms with Crippen LogP contribution in [-0.2, 0) is 11.2 Å². The molecule has 0 bridgehead atoms. The number of anilines is 1. The minimum atomic E-state index is -0.427. The Balaban J connectivity index is 1.50. The maximum atomic E-state index is 13.5. The second-order valence-electron chi connectivity index (χ2n) is 7.19. The molecule has 0 spiro atoms.